The first kappa shape index (κ1) is 15.8. The zero-order chi connectivity index (χ0) is 16.4. The Balaban J connectivity index is 1.90. The van der Waals surface area contributed by atoms with Crippen LogP contribution in [0.5, 0.6) is 5.75 Å². The summed E-state index contributed by atoms with van der Waals surface area (Å²) in [6.07, 6.45) is 0. The average Bonchev–Trinajstić information content (AvgIpc) is 2.98. The maximum absolute atomic E-state index is 13.5. The Bertz CT molecular complexity index is 850. The summed E-state index contributed by atoms with van der Waals surface area (Å²) in [5.74, 6) is 0.251. The zero-order valence-corrected chi connectivity index (χ0v) is 14.1. The molecule has 0 unspecified atom stereocenters. The first-order valence-corrected chi connectivity index (χ1v) is 8.15. The molecule has 0 aliphatic carbocycles. The van der Waals surface area contributed by atoms with E-state index in [2.05, 4.69) is 10.3 Å². The lowest BCUT2D eigenvalue weighted by atomic mass is 10.1. The van der Waals surface area contributed by atoms with E-state index in [1.165, 1.54) is 23.5 Å². The Morgan fingerprint density at radius 2 is 2.04 bits per heavy atom. The van der Waals surface area contributed by atoms with Crippen LogP contribution in [0.2, 0.25) is 5.02 Å². The van der Waals surface area contributed by atoms with Crippen molar-refractivity contribution in [3.8, 4) is 17.0 Å². The monoisotopic (exact) mass is 348 g/mol. The van der Waals surface area contributed by atoms with Crippen molar-refractivity contribution in [2.24, 2.45) is 0 Å². The molecule has 0 aliphatic heterocycles. The molecule has 0 fully saturated rings. The Labute approximate surface area is 142 Å². The van der Waals surface area contributed by atoms with Gasteiger partial charge in [0.2, 0.25) is 0 Å². The molecule has 6 heteroatoms. The fraction of sp³-hybridized carbons (Fsp3) is 0.118. The van der Waals surface area contributed by atoms with Crippen LogP contribution in [0.1, 0.15) is 5.56 Å². The average molecular weight is 349 g/mol. The first-order valence-electron chi connectivity index (χ1n) is 6.89. The Morgan fingerprint density at radius 1 is 1.22 bits per heavy atom. The number of hydrogen-bond acceptors (Lipinski definition) is 4. The van der Waals surface area contributed by atoms with Crippen molar-refractivity contribution in [3.63, 3.8) is 0 Å². The number of methoxy groups -OCH3 is 1. The van der Waals surface area contributed by atoms with Crippen molar-refractivity contribution in [1.29, 1.82) is 0 Å². The quantitative estimate of drug-likeness (QED) is 0.660. The molecule has 1 aromatic heterocycles. The van der Waals surface area contributed by atoms with Gasteiger partial charge >= 0.3 is 0 Å². The van der Waals surface area contributed by atoms with E-state index in [4.69, 9.17) is 16.3 Å². The van der Waals surface area contributed by atoms with Crippen LogP contribution in [-0.4, -0.2) is 12.1 Å². The van der Waals surface area contributed by atoms with Crippen LogP contribution in [0.25, 0.3) is 11.3 Å². The molecule has 0 saturated heterocycles. The lowest BCUT2D eigenvalue weighted by molar-refractivity contribution is 0.415. The summed E-state index contributed by atoms with van der Waals surface area (Å²) in [5.41, 5.74) is 3.14. The second kappa shape index (κ2) is 6.56. The van der Waals surface area contributed by atoms with Crippen LogP contribution < -0.4 is 10.1 Å². The number of ether oxygens (including phenoxy) is 1. The Hall–Kier alpha value is -2.11. The van der Waals surface area contributed by atoms with Gasteiger partial charge in [-0.25, -0.2) is 9.37 Å². The topological polar surface area (TPSA) is 34.1 Å². The Morgan fingerprint density at radius 3 is 2.78 bits per heavy atom. The highest BCUT2D eigenvalue weighted by Gasteiger charge is 2.12. The van der Waals surface area contributed by atoms with Crippen LogP contribution in [0, 0.1) is 12.7 Å². The van der Waals surface area contributed by atoms with Crippen molar-refractivity contribution in [2.75, 3.05) is 12.4 Å². The van der Waals surface area contributed by atoms with Crippen molar-refractivity contribution >= 4 is 33.8 Å². The van der Waals surface area contributed by atoms with Gasteiger partial charge in [0, 0.05) is 10.9 Å². The van der Waals surface area contributed by atoms with Crippen LogP contribution in [0.4, 0.5) is 15.2 Å². The number of anilines is 2. The molecular weight excluding hydrogens is 335 g/mol. The summed E-state index contributed by atoms with van der Waals surface area (Å²) in [5, 5.41) is 6.34. The van der Waals surface area contributed by atoms with Crippen LogP contribution >= 0.6 is 22.9 Å². The van der Waals surface area contributed by atoms with Crippen LogP contribution in [0.15, 0.2) is 41.8 Å². The maximum Gasteiger partial charge on any atom is 0.187 e. The molecule has 0 bridgehead atoms. The first-order chi connectivity index (χ1) is 11.1. The summed E-state index contributed by atoms with van der Waals surface area (Å²) in [7, 11) is 1.55. The van der Waals surface area contributed by atoms with E-state index in [-0.39, 0.29) is 5.82 Å². The molecule has 118 valence electrons. The number of aromatic nitrogens is 1. The number of thiazole rings is 1. The van der Waals surface area contributed by atoms with Gasteiger partial charge in [-0.3, -0.25) is 0 Å². The summed E-state index contributed by atoms with van der Waals surface area (Å²) in [4.78, 5) is 4.49. The predicted molar refractivity (Wildman–Crippen MR) is 93.5 cm³/mol. The molecule has 0 amide bonds. The van der Waals surface area contributed by atoms with E-state index in [9.17, 15) is 4.39 Å². The zero-order valence-electron chi connectivity index (χ0n) is 12.6. The highest BCUT2D eigenvalue weighted by molar-refractivity contribution is 7.14. The standard InChI is InChI=1S/C17H14ClFN2OS/c1-10-3-5-14(13(18)7-10)20-17-21-15(9-23-17)12-8-11(19)4-6-16(12)22-2/h3-9H,1-2H3,(H,20,21). The summed E-state index contributed by atoms with van der Waals surface area (Å²) in [6.45, 7) is 1.98. The smallest absolute Gasteiger partial charge is 0.187 e. The molecule has 0 radical (unpaired) electrons. The highest BCUT2D eigenvalue weighted by atomic mass is 35.5. The number of halogens is 2. The molecule has 0 saturated carbocycles. The number of rotatable bonds is 4. The number of benzene rings is 2. The lowest BCUT2D eigenvalue weighted by Crippen LogP contribution is -1.92. The molecule has 1 N–H and O–H groups in total. The fourth-order valence-corrected chi connectivity index (χ4v) is 3.18. The van der Waals surface area contributed by atoms with E-state index >= 15 is 0 Å². The predicted octanol–water partition coefficient (Wildman–Crippen LogP) is 5.66. The van der Waals surface area contributed by atoms with Gasteiger partial charge in [0.1, 0.15) is 11.6 Å². The van der Waals surface area contributed by atoms with Gasteiger partial charge in [-0.15, -0.1) is 11.3 Å². The minimum Gasteiger partial charge on any atom is -0.496 e. The molecule has 1 heterocycles. The molecular formula is C17H14ClFN2OS. The van der Waals surface area contributed by atoms with E-state index in [1.54, 1.807) is 13.2 Å². The SMILES string of the molecule is COc1ccc(F)cc1-c1csc(Nc2ccc(C)cc2Cl)n1. The Kier molecular flexibility index (Phi) is 4.50. The molecule has 2 aromatic carbocycles. The third-order valence-electron chi connectivity index (χ3n) is 3.31. The van der Waals surface area contributed by atoms with Crippen LogP contribution in [0.3, 0.4) is 0 Å². The van der Waals surface area contributed by atoms with Crippen LogP contribution in [-0.2, 0) is 0 Å². The largest absolute Gasteiger partial charge is 0.496 e. The maximum atomic E-state index is 13.5. The van der Waals surface area contributed by atoms with Crippen molar-refractivity contribution in [3.05, 3.63) is 58.2 Å². The molecule has 0 atom stereocenters. The lowest BCUT2D eigenvalue weighted by Gasteiger charge is -2.07. The summed E-state index contributed by atoms with van der Waals surface area (Å²) in [6, 6.07) is 10.1. The highest BCUT2D eigenvalue weighted by Crippen LogP contribution is 2.34. The minimum absolute atomic E-state index is 0.329. The van der Waals surface area contributed by atoms with Gasteiger partial charge in [-0.1, -0.05) is 17.7 Å². The number of nitrogens with one attached hydrogen (secondary N) is 1. The van der Waals surface area contributed by atoms with Gasteiger partial charge in [-0.05, 0) is 42.8 Å². The van der Waals surface area contributed by atoms with Gasteiger partial charge in [0.05, 0.1) is 23.5 Å². The third-order valence-corrected chi connectivity index (χ3v) is 4.38. The summed E-state index contributed by atoms with van der Waals surface area (Å²) >= 11 is 7.63. The normalized spacial score (nSPS) is 10.6. The van der Waals surface area contributed by atoms with Gasteiger partial charge in [-0.2, -0.15) is 0 Å². The van der Waals surface area contributed by atoms with E-state index in [1.807, 2.05) is 30.5 Å². The van der Waals surface area contributed by atoms with Gasteiger partial charge in [0.15, 0.2) is 5.13 Å². The molecule has 3 nitrogen and oxygen atoms in total. The summed E-state index contributed by atoms with van der Waals surface area (Å²) < 4.78 is 18.8. The molecule has 23 heavy (non-hydrogen) atoms. The minimum atomic E-state index is -0.329. The fourth-order valence-electron chi connectivity index (χ4n) is 2.17. The molecule has 3 rings (SSSR count). The second-order valence-corrected chi connectivity index (χ2v) is 6.26. The van der Waals surface area contributed by atoms with Crippen molar-refractivity contribution in [2.45, 2.75) is 6.92 Å². The van der Waals surface area contributed by atoms with Gasteiger partial charge < -0.3 is 10.1 Å². The van der Waals surface area contributed by atoms with E-state index in [0.717, 1.165) is 11.3 Å². The molecule has 0 aliphatic rings. The molecule has 0 spiro atoms. The van der Waals surface area contributed by atoms with Gasteiger partial charge in [0.25, 0.3) is 0 Å². The number of nitrogens with zero attached hydrogens (tertiary/aromatic N) is 1. The van der Waals surface area contributed by atoms with Crippen molar-refractivity contribution in [1.82, 2.24) is 4.98 Å². The van der Waals surface area contributed by atoms with Crippen molar-refractivity contribution < 1.29 is 9.13 Å². The van der Waals surface area contributed by atoms with E-state index in [0.29, 0.717) is 27.2 Å². The second-order valence-electron chi connectivity index (χ2n) is 4.99. The molecule has 3 aromatic rings. The van der Waals surface area contributed by atoms with E-state index < -0.39 is 0 Å². The third kappa shape index (κ3) is 3.46. The number of hydrogen-bond donors (Lipinski definition) is 1. The number of aryl methyl sites for hydroxylation is 1.